The molecule has 0 unspecified atom stereocenters. The number of nitrogens with one attached hydrogen (secondary N) is 1. The number of anilines is 1. The van der Waals surface area contributed by atoms with E-state index in [4.69, 9.17) is 15.9 Å². The lowest BCUT2D eigenvalue weighted by molar-refractivity contribution is 0.185. The van der Waals surface area contributed by atoms with Gasteiger partial charge in [-0.3, -0.25) is 0 Å². The van der Waals surface area contributed by atoms with Gasteiger partial charge in [0, 0.05) is 10.2 Å². The van der Waals surface area contributed by atoms with Crippen molar-refractivity contribution in [1.82, 2.24) is 4.72 Å². The van der Waals surface area contributed by atoms with E-state index in [1.165, 1.54) is 18.2 Å². The summed E-state index contributed by atoms with van der Waals surface area (Å²) in [6.07, 6.45) is 0. The van der Waals surface area contributed by atoms with Gasteiger partial charge in [-0.2, -0.15) is 0 Å². The number of aliphatic hydroxyl groups is 2. The Labute approximate surface area is 108 Å². The van der Waals surface area contributed by atoms with Gasteiger partial charge in [0.15, 0.2) is 0 Å². The zero-order chi connectivity index (χ0) is 13.1. The second-order valence-electron chi connectivity index (χ2n) is 3.37. The van der Waals surface area contributed by atoms with Crippen molar-refractivity contribution in [3.05, 3.63) is 22.7 Å². The predicted molar refractivity (Wildman–Crippen MR) is 66.8 cm³/mol. The minimum Gasteiger partial charge on any atom is -0.399 e. The number of hydrogen-bond donors (Lipinski definition) is 4. The van der Waals surface area contributed by atoms with Crippen LogP contribution in [0.15, 0.2) is 27.6 Å². The van der Waals surface area contributed by atoms with Crippen LogP contribution in [0.1, 0.15) is 0 Å². The first-order valence-corrected chi connectivity index (χ1v) is 6.97. The first kappa shape index (κ1) is 14.4. The van der Waals surface area contributed by atoms with Gasteiger partial charge in [-0.1, -0.05) is 0 Å². The molecule has 1 aromatic carbocycles. The van der Waals surface area contributed by atoms with E-state index in [9.17, 15) is 8.42 Å². The van der Waals surface area contributed by atoms with E-state index in [0.29, 0.717) is 10.2 Å². The molecule has 0 saturated heterocycles. The molecule has 0 aliphatic rings. The van der Waals surface area contributed by atoms with Crippen LogP contribution in [0.5, 0.6) is 0 Å². The lowest BCUT2D eigenvalue weighted by Crippen LogP contribution is -2.40. The van der Waals surface area contributed by atoms with Crippen LogP contribution >= 0.6 is 15.9 Å². The third kappa shape index (κ3) is 3.65. The van der Waals surface area contributed by atoms with Gasteiger partial charge in [0.05, 0.1) is 24.2 Å². The molecule has 0 bridgehead atoms. The fourth-order valence-electron chi connectivity index (χ4n) is 1.15. The molecule has 5 N–H and O–H groups in total. The number of nitrogen functional groups attached to an aromatic ring is 1. The average Bonchev–Trinajstić information content (AvgIpc) is 2.25. The highest BCUT2D eigenvalue weighted by Gasteiger charge is 2.21. The number of sulfonamides is 1. The Balaban J connectivity index is 3.05. The van der Waals surface area contributed by atoms with Gasteiger partial charge in [-0.05, 0) is 34.1 Å². The van der Waals surface area contributed by atoms with E-state index < -0.39 is 29.3 Å². The molecule has 0 saturated carbocycles. The molecule has 6 nitrogen and oxygen atoms in total. The monoisotopic (exact) mass is 324 g/mol. The Morgan fingerprint density at radius 1 is 1.35 bits per heavy atom. The van der Waals surface area contributed by atoms with Crippen molar-refractivity contribution >= 4 is 31.6 Å². The first-order valence-electron chi connectivity index (χ1n) is 4.69. The maximum atomic E-state index is 11.9. The first-order chi connectivity index (χ1) is 7.90. The third-order valence-corrected chi connectivity index (χ3v) is 4.51. The van der Waals surface area contributed by atoms with Crippen LogP contribution in [0.3, 0.4) is 0 Å². The minimum absolute atomic E-state index is 0.00130. The van der Waals surface area contributed by atoms with Crippen LogP contribution in [0.2, 0.25) is 0 Å². The van der Waals surface area contributed by atoms with Crippen LogP contribution in [0.25, 0.3) is 0 Å². The summed E-state index contributed by atoms with van der Waals surface area (Å²) in [5.74, 6) is 0. The second-order valence-corrected chi connectivity index (χ2v) is 5.91. The summed E-state index contributed by atoms with van der Waals surface area (Å²) in [4.78, 5) is -0.00130. The highest BCUT2D eigenvalue weighted by molar-refractivity contribution is 9.10. The van der Waals surface area contributed by atoms with Gasteiger partial charge >= 0.3 is 0 Å². The quantitative estimate of drug-likeness (QED) is 0.554. The molecule has 0 radical (unpaired) electrons. The number of halogens is 1. The van der Waals surface area contributed by atoms with Crippen LogP contribution in [-0.4, -0.2) is 37.9 Å². The number of hydrogen-bond acceptors (Lipinski definition) is 5. The normalized spacial score (nSPS) is 12.0. The zero-order valence-corrected chi connectivity index (χ0v) is 11.2. The summed E-state index contributed by atoms with van der Waals surface area (Å²) in [5, 5.41) is 17.7. The molecule has 17 heavy (non-hydrogen) atoms. The third-order valence-electron chi connectivity index (χ3n) is 2.01. The maximum absolute atomic E-state index is 11.9. The smallest absolute Gasteiger partial charge is 0.242 e. The van der Waals surface area contributed by atoms with Gasteiger partial charge < -0.3 is 15.9 Å². The minimum atomic E-state index is -3.80. The van der Waals surface area contributed by atoms with Gasteiger partial charge in [0.25, 0.3) is 0 Å². The van der Waals surface area contributed by atoms with Crippen molar-refractivity contribution in [2.45, 2.75) is 10.9 Å². The van der Waals surface area contributed by atoms with Crippen LogP contribution in [0.4, 0.5) is 5.69 Å². The molecule has 0 aliphatic carbocycles. The molecular weight excluding hydrogens is 312 g/mol. The highest BCUT2D eigenvalue weighted by atomic mass is 79.9. The number of benzene rings is 1. The average molecular weight is 325 g/mol. The number of nitrogens with two attached hydrogens (primary N) is 1. The molecule has 8 heteroatoms. The van der Waals surface area contributed by atoms with E-state index in [1.54, 1.807) is 0 Å². The molecule has 1 rings (SSSR count). The standard InChI is InChI=1S/C9H13BrN2O4S/c10-8-3-6(11)1-2-9(8)17(15,16)12-7(4-13)5-14/h1-3,7,12-14H,4-5,11H2. The summed E-state index contributed by atoms with van der Waals surface area (Å²) >= 11 is 3.09. The van der Waals surface area contributed by atoms with E-state index in [0.717, 1.165) is 0 Å². The summed E-state index contributed by atoms with van der Waals surface area (Å²) in [7, 11) is -3.80. The summed E-state index contributed by atoms with van der Waals surface area (Å²) in [6.45, 7) is -0.968. The lowest BCUT2D eigenvalue weighted by Gasteiger charge is -2.14. The Morgan fingerprint density at radius 2 is 1.94 bits per heavy atom. The van der Waals surface area contributed by atoms with Crippen LogP contribution in [0, 0.1) is 0 Å². The van der Waals surface area contributed by atoms with Crippen molar-refractivity contribution in [3.8, 4) is 0 Å². The van der Waals surface area contributed by atoms with Gasteiger partial charge in [-0.25, -0.2) is 13.1 Å². The molecule has 0 spiro atoms. The largest absolute Gasteiger partial charge is 0.399 e. The van der Waals surface area contributed by atoms with Crippen molar-refractivity contribution in [3.63, 3.8) is 0 Å². The highest BCUT2D eigenvalue weighted by Crippen LogP contribution is 2.24. The van der Waals surface area contributed by atoms with E-state index in [1.807, 2.05) is 0 Å². The zero-order valence-electron chi connectivity index (χ0n) is 8.80. The van der Waals surface area contributed by atoms with Gasteiger partial charge in [0.2, 0.25) is 10.0 Å². The van der Waals surface area contributed by atoms with Crippen molar-refractivity contribution in [2.24, 2.45) is 0 Å². The molecule has 0 aromatic heterocycles. The Morgan fingerprint density at radius 3 is 2.41 bits per heavy atom. The Hall–Kier alpha value is -0.670. The fraction of sp³-hybridized carbons (Fsp3) is 0.333. The van der Waals surface area contributed by atoms with E-state index in [-0.39, 0.29) is 4.90 Å². The Kier molecular flexibility index (Phi) is 4.90. The fourth-order valence-corrected chi connectivity index (χ4v) is 3.46. The Bertz CT molecular complexity index is 488. The summed E-state index contributed by atoms with van der Waals surface area (Å²) in [5.41, 5.74) is 5.93. The summed E-state index contributed by atoms with van der Waals surface area (Å²) in [6, 6.07) is 3.32. The number of rotatable bonds is 5. The molecular formula is C9H13BrN2O4S. The lowest BCUT2D eigenvalue weighted by atomic mass is 10.3. The topological polar surface area (TPSA) is 113 Å². The van der Waals surface area contributed by atoms with Crippen LogP contribution < -0.4 is 10.5 Å². The summed E-state index contributed by atoms with van der Waals surface area (Å²) < 4.78 is 26.3. The van der Waals surface area contributed by atoms with Crippen LogP contribution in [-0.2, 0) is 10.0 Å². The van der Waals surface area contributed by atoms with Crippen molar-refractivity contribution in [2.75, 3.05) is 18.9 Å². The van der Waals surface area contributed by atoms with Crippen molar-refractivity contribution < 1.29 is 18.6 Å². The predicted octanol–water partition coefficient (Wildman–Crippen LogP) is -0.337. The van der Waals surface area contributed by atoms with Gasteiger partial charge in [-0.15, -0.1) is 0 Å². The molecule has 96 valence electrons. The van der Waals surface area contributed by atoms with Gasteiger partial charge in [0.1, 0.15) is 0 Å². The second kappa shape index (κ2) is 5.78. The molecule has 0 amide bonds. The van der Waals surface area contributed by atoms with E-state index >= 15 is 0 Å². The maximum Gasteiger partial charge on any atom is 0.242 e. The molecule has 0 aliphatic heterocycles. The molecule has 0 fully saturated rings. The number of aliphatic hydroxyl groups excluding tert-OH is 2. The molecule has 0 heterocycles. The van der Waals surface area contributed by atoms with Crippen molar-refractivity contribution in [1.29, 1.82) is 0 Å². The molecule has 0 atom stereocenters. The SMILES string of the molecule is Nc1ccc(S(=O)(=O)NC(CO)CO)c(Br)c1. The van der Waals surface area contributed by atoms with E-state index in [2.05, 4.69) is 20.7 Å². The molecule has 1 aromatic rings.